The summed E-state index contributed by atoms with van der Waals surface area (Å²) in [5.41, 5.74) is -0.140. The third-order valence-electron chi connectivity index (χ3n) is 2.42. The van der Waals surface area contributed by atoms with E-state index in [4.69, 9.17) is 10.2 Å². The van der Waals surface area contributed by atoms with Crippen LogP contribution in [0.15, 0.2) is 18.2 Å². The van der Waals surface area contributed by atoms with Crippen LogP contribution in [0, 0.1) is 11.6 Å². The number of hydrogen-bond acceptors (Lipinski definition) is 3. The summed E-state index contributed by atoms with van der Waals surface area (Å²) in [5, 5.41) is 19.8. The number of urea groups is 1. The fourth-order valence-corrected chi connectivity index (χ4v) is 1.48. The summed E-state index contributed by atoms with van der Waals surface area (Å²) in [6, 6.07) is 2.20. The van der Waals surface area contributed by atoms with E-state index in [2.05, 4.69) is 5.32 Å². The van der Waals surface area contributed by atoms with E-state index in [1.54, 1.807) is 0 Å². The van der Waals surface area contributed by atoms with Crippen molar-refractivity contribution >= 4 is 11.7 Å². The second-order valence-electron chi connectivity index (χ2n) is 3.84. The van der Waals surface area contributed by atoms with E-state index in [-0.39, 0.29) is 32.0 Å². The number of rotatable bonds is 6. The summed E-state index contributed by atoms with van der Waals surface area (Å²) in [4.78, 5) is 13.0. The number of carbonyl (C=O) groups excluding carboxylic acids is 1. The molecule has 0 saturated heterocycles. The van der Waals surface area contributed by atoms with Crippen LogP contribution in [-0.2, 0) is 0 Å². The lowest BCUT2D eigenvalue weighted by Gasteiger charge is -2.21. The maximum absolute atomic E-state index is 13.3. The van der Waals surface area contributed by atoms with E-state index >= 15 is 0 Å². The molecule has 0 atom stereocenters. The molecular formula is C12H16F2N2O3. The molecule has 0 aliphatic heterocycles. The van der Waals surface area contributed by atoms with Gasteiger partial charge in [0.05, 0.1) is 12.3 Å². The Kier molecular flexibility index (Phi) is 6.17. The molecule has 5 nitrogen and oxygen atoms in total. The normalized spacial score (nSPS) is 10.3. The van der Waals surface area contributed by atoms with Gasteiger partial charge in [0.15, 0.2) is 0 Å². The molecule has 1 rings (SSSR count). The maximum atomic E-state index is 13.3. The first-order chi connectivity index (χ1) is 9.08. The van der Waals surface area contributed by atoms with E-state index in [1.165, 1.54) is 4.90 Å². The molecule has 1 aromatic carbocycles. The summed E-state index contributed by atoms with van der Waals surface area (Å²) >= 11 is 0. The van der Waals surface area contributed by atoms with Crippen LogP contribution in [0.3, 0.4) is 0 Å². The third kappa shape index (κ3) is 4.80. The zero-order valence-corrected chi connectivity index (χ0v) is 10.3. The smallest absolute Gasteiger partial charge is 0.322 e. The van der Waals surface area contributed by atoms with Gasteiger partial charge in [0.1, 0.15) is 11.6 Å². The molecule has 2 amide bonds. The van der Waals surface area contributed by atoms with Crippen molar-refractivity contribution in [1.82, 2.24) is 4.90 Å². The minimum absolute atomic E-state index is 0.0641. The summed E-state index contributed by atoms with van der Waals surface area (Å²) in [7, 11) is 0. The molecule has 0 unspecified atom stereocenters. The number of aliphatic hydroxyl groups is 2. The van der Waals surface area contributed by atoms with Crippen LogP contribution < -0.4 is 5.32 Å². The second kappa shape index (κ2) is 7.65. The van der Waals surface area contributed by atoms with Crippen LogP contribution in [0.4, 0.5) is 19.3 Å². The minimum atomic E-state index is -0.876. The number of aliphatic hydroxyl groups excluding tert-OH is 2. The third-order valence-corrected chi connectivity index (χ3v) is 2.42. The lowest BCUT2D eigenvalue weighted by molar-refractivity contribution is 0.180. The van der Waals surface area contributed by atoms with Crippen molar-refractivity contribution in [2.24, 2.45) is 0 Å². The van der Waals surface area contributed by atoms with Gasteiger partial charge in [0, 0.05) is 25.8 Å². The Balaban J connectivity index is 2.69. The first-order valence-electron chi connectivity index (χ1n) is 5.81. The van der Waals surface area contributed by atoms with Crippen LogP contribution in [0.2, 0.25) is 0 Å². The quantitative estimate of drug-likeness (QED) is 0.729. The Morgan fingerprint density at radius 1 is 1.21 bits per heavy atom. The lowest BCUT2D eigenvalue weighted by Crippen LogP contribution is -2.38. The zero-order valence-electron chi connectivity index (χ0n) is 10.3. The van der Waals surface area contributed by atoms with Gasteiger partial charge in [-0.05, 0) is 18.6 Å². The van der Waals surface area contributed by atoms with Crippen molar-refractivity contribution in [3.8, 4) is 0 Å². The van der Waals surface area contributed by atoms with E-state index in [9.17, 15) is 13.6 Å². The molecule has 19 heavy (non-hydrogen) atoms. The van der Waals surface area contributed by atoms with Gasteiger partial charge in [-0.1, -0.05) is 0 Å². The highest BCUT2D eigenvalue weighted by Crippen LogP contribution is 2.15. The van der Waals surface area contributed by atoms with Gasteiger partial charge in [-0.15, -0.1) is 0 Å². The Bertz CT molecular complexity index is 429. The topological polar surface area (TPSA) is 72.8 Å². The Morgan fingerprint density at radius 3 is 2.53 bits per heavy atom. The fourth-order valence-electron chi connectivity index (χ4n) is 1.48. The number of nitrogens with one attached hydrogen (secondary N) is 1. The van der Waals surface area contributed by atoms with Crippen LogP contribution in [-0.4, -0.2) is 47.4 Å². The molecule has 0 saturated carbocycles. The van der Waals surface area contributed by atoms with Crippen molar-refractivity contribution in [3.05, 3.63) is 29.8 Å². The molecule has 0 aliphatic carbocycles. The molecule has 0 radical (unpaired) electrons. The number of amides is 2. The van der Waals surface area contributed by atoms with Crippen molar-refractivity contribution < 1.29 is 23.8 Å². The van der Waals surface area contributed by atoms with Crippen LogP contribution in [0.25, 0.3) is 0 Å². The van der Waals surface area contributed by atoms with Crippen molar-refractivity contribution in [1.29, 1.82) is 0 Å². The number of carbonyl (C=O) groups is 1. The van der Waals surface area contributed by atoms with E-state index in [0.29, 0.717) is 12.5 Å². The summed E-state index contributed by atoms with van der Waals surface area (Å²) in [6.45, 7) is -0.0504. The molecule has 0 aliphatic rings. The first kappa shape index (κ1) is 15.3. The summed E-state index contributed by atoms with van der Waals surface area (Å²) in [5.74, 6) is -1.61. The Labute approximate surface area is 109 Å². The molecule has 7 heteroatoms. The van der Waals surface area contributed by atoms with Crippen molar-refractivity contribution in [2.75, 3.05) is 31.6 Å². The molecule has 1 aromatic rings. The highest BCUT2D eigenvalue weighted by molar-refractivity contribution is 5.89. The molecule has 0 aromatic heterocycles. The second-order valence-corrected chi connectivity index (χ2v) is 3.84. The van der Waals surface area contributed by atoms with Gasteiger partial charge in [0.2, 0.25) is 0 Å². The Hall–Kier alpha value is -1.73. The largest absolute Gasteiger partial charge is 0.396 e. The SMILES string of the molecule is O=C(Nc1ccc(F)cc1F)N(CCO)CCCO. The zero-order chi connectivity index (χ0) is 14.3. The average molecular weight is 274 g/mol. The van der Waals surface area contributed by atoms with Crippen LogP contribution in [0.5, 0.6) is 0 Å². The molecule has 3 N–H and O–H groups in total. The van der Waals surface area contributed by atoms with Gasteiger partial charge in [0.25, 0.3) is 0 Å². The fraction of sp³-hybridized carbons (Fsp3) is 0.417. The van der Waals surface area contributed by atoms with Gasteiger partial charge < -0.3 is 20.4 Å². The lowest BCUT2D eigenvalue weighted by atomic mass is 10.3. The van der Waals surface area contributed by atoms with E-state index < -0.39 is 17.7 Å². The predicted octanol–water partition coefficient (Wildman–Crippen LogP) is 1.17. The molecule has 106 valence electrons. The molecule has 0 fully saturated rings. The predicted molar refractivity (Wildman–Crippen MR) is 65.7 cm³/mol. The molecular weight excluding hydrogens is 258 g/mol. The van der Waals surface area contributed by atoms with Gasteiger partial charge in [-0.2, -0.15) is 0 Å². The molecule has 0 spiro atoms. The van der Waals surface area contributed by atoms with Gasteiger partial charge in [-0.25, -0.2) is 13.6 Å². The van der Waals surface area contributed by atoms with Crippen LogP contribution in [0.1, 0.15) is 6.42 Å². The van der Waals surface area contributed by atoms with Crippen molar-refractivity contribution in [2.45, 2.75) is 6.42 Å². The standard InChI is InChI=1S/C12H16F2N2O3/c13-9-2-3-11(10(14)8-9)15-12(19)16(5-7-18)4-1-6-17/h2-3,8,17-18H,1,4-7H2,(H,15,19). The maximum Gasteiger partial charge on any atom is 0.322 e. The number of halogens is 2. The number of benzene rings is 1. The van der Waals surface area contributed by atoms with Crippen molar-refractivity contribution in [3.63, 3.8) is 0 Å². The van der Waals surface area contributed by atoms with E-state index in [1.807, 2.05) is 0 Å². The number of anilines is 1. The van der Waals surface area contributed by atoms with Crippen LogP contribution >= 0.6 is 0 Å². The average Bonchev–Trinajstić information content (AvgIpc) is 2.37. The van der Waals surface area contributed by atoms with Gasteiger partial charge in [-0.3, -0.25) is 0 Å². The highest BCUT2D eigenvalue weighted by Gasteiger charge is 2.14. The summed E-state index contributed by atoms with van der Waals surface area (Å²) < 4.78 is 26.1. The monoisotopic (exact) mass is 274 g/mol. The van der Waals surface area contributed by atoms with E-state index in [0.717, 1.165) is 12.1 Å². The summed E-state index contributed by atoms with van der Waals surface area (Å²) in [6.07, 6.45) is 0.347. The molecule has 0 heterocycles. The molecule has 0 bridgehead atoms. The first-order valence-corrected chi connectivity index (χ1v) is 5.81. The van der Waals surface area contributed by atoms with Gasteiger partial charge >= 0.3 is 6.03 Å². The number of nitrogens with zero attached hydrogens (tertiary/aromatic N) is 1. The number of hydrogen-bond donors (Lipinski definition) is 3. The highest BCUT2D eigenvalue weighted by atomic mass is 19.1. The Morgan fingerprint density at radius 2 is 1.95 bits per heavy atom. The minimum Gasteiger partial charge on any atom is -0.396 e.